The number of halogens is 1. The van der Waals surface area contributed by atoms with E-state index in [1.165, 1.54) is 12.1 Å². The molecular formula is C20H22FN5O. The number of nitrogens with one attached hydrogen (secondary N) is 3. The van der Waals surface area contributed by atoms with Crippen molar-refractivity contribution in [3.63, 3.8) is 0 Å². The minimum atomic E-state index is -0.297. The first-order valence-electron chi connectivity index (χ1n) is 9.15. The van der Waals surface area contributed by atoms with Gasteiger partial charge in [0.25, 0.3) is 0 Å². The summed E-state index contributed by atoms with van der Waals surface area (Å²) in [5, 5.41) is 4.10. The highest BCUT2D eigenvalue weighted by molar-refractivity contribution is 5.82. The molecule has 1 fully saturated rings. The summed E-state index contributed by atoms with van der Waals surface area (Å²) < 4.78 is 15.1. The number of aryl methyl sites for hydroxylation is 1. The van der Waals surface area contributed by atoms with Gasteiger partial charge >= 0.3 is 0 Å². The number of carbonyl (C=O) groups is 1. The molecule has 3 aromatic rings. The highest BCUT2D eigenvalue weighted by Gasteiger charge is 2.29. The van der Waals surface area contributed by atoms with Crippen molar-refractivity contribution in [1.29, 1.82) is 0 Å². The Bertz CT molecular complexity index is 924. The lowest BCUT2D eigenvalue weighted by molar-refractivity contribution is -0.122. The van der Waals surface area contributed by atoms with E-state index in [2.05, 4.69) is 25.7 Å². The zero-order valence-corrected chi connectivity index (χ0v) is 14.9. The van der Waals surface area contributed by atoms with Crippen LogP contribution in [-0.4, -0.2) is 28.0 Å². The van der Waals surface area contributed by atoms with Crippen LogP contribution in [0.15, 0.2) is 54.9 Å². The molecular weight excluding hydrogens is 345 g/mol. The van der Waals surface area contributed by atoms with Crippen LogP contribution in [-0.2, 0) is 11.3 Å². The van der Waals surface area contributed by atoms with E-state index in [0.717, 1.165) is 29.6 Å². The van der Waals surface area contributed by atoms with Crippen LogP contribution in [0.5, 0.6) is 0 Å². The van der Waals surface area contributed by atoms with Crippen molar-refractivity contribution in [1.82, 2.24) is 25.7 Å². The van der Waals surface area contributed by atoms with E-state index in [-0.39, 0.29) is 23.8 Å². The number of amides is 1. The van der Waals surface area contributed by atoms with Gasteiger partial charge in [0.15, 0.2) is 0 Å². The molecule has 7 heteroatoms. The maximum Gasteiger partial charge on any atom is 0.238 e. The molecule has 1 amide bonds. The van der Waals surface area contributed by atoms with Crippen LogP contribution in [0.25, 0.3) is 11.0 Å². The number of hydrazine groups is 1. The zero-order valence-electron chi connectivity index (χ0n) is 14.9. The van der Waals surface area contributed by atoms with E-state index in [1.54, 1.807) is 18.3 Å². The fourth-order valence-electron chi connectivity index (χ4n) is 3.43. The molecule has 3 heterocycles. The maximum absolute atomic E-state index is 13.0. The summed E-state index contributed by atoms with van der Waals surface area (Å²) in [5.74, 6) is -0.285. The Balaban J connectivity index is 1.23. The van der Waals surface area contributed by atoms with Gasteiger partial charge in [-0.1, -0.05) is 12.1 Å². The Morgan fingerprint density at radius 2 is 2.07 bits per heavy atom. The van der Waals surface area contributed by atoms with Gasteiger partial charge in [0.2, 0.25) is 5.91 Å². The first-order chi connectivity index (χ1) is 13.2. The Kier molecular flexibility index (Phi) is 5.13. The van der Waals surface area contributed by atoms with Crippen molar-refractivity contribution < 1.29 is 9.18 Å². The Labute approximate surface area is 156 Å². The Morgan fingerprint density at radius 1 is 1.22 bits per heavy atom. The van der Waals surface area contributed by atoms with Crippen molar-refractivity contribution in [2.45, 2.75) is 31.5 Å². The van der Waals surface area contributed by atoms with E-state index >= 15 is 0 Å². The standard InChI is InChI=1S/C20H22FN5O/c21-16-6-4-14(5-7-16)17-13-18(25-24-17)20(27)23-10-2-11-26-12-8-15-3-1-9-22-19(15)26/h1,3-9,12,17-18,24-25H,2,10-11,13H2,(H,23,27). The van der Waals surface area contributed by atoms with E-state index < -0.39 is 0 Å². The Morgan fingerprint density at radius 3 is 2.93 bits per heavy atom. The highest BCUT2D eigenvalue weighted by Crippen LogP contribution is 2.22. The van der Waals surface area contributed by atoms with Crippen molar-refractivity contribution in [3.8, 4) is 0 Å². The minimum Gasteiger partial charge on any atom is -0.355 e. The quantitative estimate of drug-likeness (QED) is 0.585. The van der Waals surface area contributed by atoms with Gasteiger partial charge < -0.3 is 9.88 Å². The van der Waals surface area contributed by atoms with Crippen molar-refractivity contribution in [2.75, 3.05) is 6.54 Å². The third-order valence-electron chi connectivity index (χ3n) is 4.89. The lowest BCUT2D eigenvalue weighted by Crippen LogP contribution is -2.43. The molecule has 1 saturated heterocycles. The summed E-state index contributed by atoms with van der Waals surface area (Å²) in [6.07, 6.45) is 5.27. The molecule has 4 rings (SSSR count). The fourth-order valence-corrected chi connectivity index (χ4v) is 3.43. The number of nitrogens with zero attached hydrogens (tertiary/aromatic N) is 2. The van der Waals surface area contributed by atoms with E-state index in [0.29, 0.717) is 13.0 Å². The third kappa shape index (κ3) is 3.99. The molecule has 2 atom stereocenters. The smallest absolute Gasteiger partial charge is 0.238 e. The molecule has 0 saturated carbocycles. The van der Waals surface area contributed by atoms with Gasteiger partial charge in [-0.3, -0.25) is 4.79 Å². The zero-order chi connectivity index (χ0) is 18.6. The van der Waals surface area contributed by atoms with Gasteiger partial charge in [-0.15, -0.1) is 0 Å². The van der Waals surface area contributed by atoms with Crippen LogP contribution < -0.4 is 16.2 Å². The van der Waals surface area contributed by atoms with Gasteiger partial charge in [0, 0.05) is 36.9 Å². The van der Waals surface area contributed by atoms with Gasteiger partial charge in [-0.05, 0) is 48.7 Å². The number of carbonyl (C=O) groups excluding carboxylic acids is 1. The molecule has 2 unspecified atom stereocenters. The second-order valence-electron chi connectivity index (χ2n) is 6.75. The van der Waals surface area contributed by atoms with E-state index in [9.17, 15) is 9.18 Å². The van der Waals surface area contributed by atoms with Gasteiger partial charge in [-0.2, -0.15) is 0 Å². The second kappa shape index (κ2) is 7.85. The molecule has 0 radical (unpaired) electrons. The summed E-state index contributed by atoms with van der Waals surface area (Å²) >= 11 is 0. The van der Waals surface area contributed by atoms with Crippen LogP contribution >= 0.6 is 0 Å². The maximum atomic E-state index is 13.0. The van der Waals surface area contributed by atoms with Gasteiger partial charge in [0.1, 0.15) is 17.5 Å². The minimum absolute atomic E-state index is 0.00124. The van der Waals surface area contributed by atoms with Crippen LogP contribution in [0.1, 0.15) is 24.4 Å². The molecule has 2 aromatic heterocycles. The molecule has 0 spiro atoms. The second-order valence-corrected chi connectivity index (χ2v) is 6.75. The Hall–Kier alpha value is -2.77. The van der Waals surface area contributed by atoms with Gasteiger partial charge in [0.05, 0.1) is 0 Å². The lowest BCUT2D eigenvalue weighted by atomic mass is 10.0. The first kappa shape index (κ1) is 17.6. The first-order valence-corrected chi connectivity index (χ1v) is 9.15. The largest absolute Gasteiger partial charge is 0.355 e. The lowest BCUT2D eigenvalue weighted by Gasteiger charge is -2.11. The van der Waals surface area contributed by atoms with Crippen LogP contribution in [0, 0.1) is 5.82 Å². The number of aromatic nitrogens is 2. The average Bonchev–Trinajstić information content (AvgIpc) is 3.33. The van der Waals surface area contributed by atoms with Crippen LogP contribution in [0.3, 0.4) is 0 Å². The summed E-state index contributed by atoms with van der Waals surface area (Å²) in [7, 11) is 0. The summed E-state index contributed by atoms with van der Waals surface area (Å²) in [6, 6.07) is 12.1. The molecule has 1 aliphatic heterocycles. The van der Waals surface area contributed by atoms with Crippen molar-refractivity contribution in [2.24, 2.45) is 0 Å². The number of hydrogen-bond acceptors (Lipinski definition) is 4. The fraction of sp³-hybridized carbons (Fsp3) is 0.300. The molecule has 1 aliphatic rings. The van der Waals surface area contributed by atoms with Crippen LogP contribution in [0.2, 0.25) is 0 Å². The topological polar surface area (TPSA) is 71.0 Å². The SMILES string of the molecule is O=C(NCCCn1ccc2cccnc21)C1CC(c2ccc(F)cc2)NN1. The summed E-state index contributed by atoms with van der Waals surface area (Å²) in [5.41, 5.74) is 8.07. The molecule has 27 heavy (non-hydrogen) atoms. The average molecular weight is 367 g/mol. The molecule has 0 bridgehead atoms. The number of pyridine rings is 1. The molecule has 0 aliphatic carbocycles. The molecule has 140 valence electrons. The predicted octanol–water partition coefficient (Wildman–Crippen LogP) is 2.29. The van der Waals surface area contributed by atoms with E-state index in [4.69, 9.17) is 0 Å². The number of rotatable bonds is 6. The van der Waals surface area contributed by atoms with Crippen LogP contribution in [0.4, 0.5) is 4.39 Å². The van der Waals surface area contributed by atoms with Crippen molar-refractivity contribution >= 4 is 16.9 Å². The molecule has 6 nitrogen and oxygen atoms in total. The number of hydrogen-bond donors (Lipinski definition) is 3. The van der Waals surface area contributed by atoms with E-state index in [1.807, 2.05) is 24.4 Å². The predicted molar refractivity (Wildman–Crippen MR) is 101 cm³/mol. The monoisotopic (exact) mass is 367 g/mol. The van der Waals surface area contributed by atoms with Gasteiger partial charge in [-0.25, -0.2) is 20.2 Å². The highest BCUT2D eigenvalue weighted by atomic mass is 19.1. The summed E-state index contributed by atoms with van der Waals surface area (Å²) in [4.78, 5) is 16.8. The van der Waals surface area contributed by atoms with Crippen molar-refractivity contribution in [3.05, 3.63) is 66.2 Å². The normalized spacial score (nSPS) is 19.4. The number of fused-ring (bicyclic) bond motifs is 1. The summed E-state index contributed by atoms with van der Waals surface area (Å²) in [6.45, 7) is 1.40. The molecule has 1 aromatic carbocycles. The third-order valence-corrected chi connectivity index (χ3v) is 4.89. The molecule has 3 N–H and O–H groups in total. The number of benzene rings is 1.